The van der Waals surface area contributed by atoms with Crippen LogP contribution in [0, 0.1) is 10.1 Å². The topological polar surface area (TPSA) is 84.3 Å². The molecule has 0 spiro atoms. The highest BCUT2D eigenvalue weighted by atomic mass is 16.6. The van der Waals surface area contributed by atoms with Crippen LogP contribution in [-0.2, 0) is 4.79 Å². The van der Waals surface area contributed by atoms with E-state index in [1.165, 1.54) is 31.2 Å². The zero-order chi connectivity index (χ0) is 10.6. The number of nitro benzene ring substituents is 1. The van der Waals surface area contributed by atoms with Gasteiger partial charge in [-0.15, -0.1) is 0 Å². The maximum atomic E-state index is 10.5. The summed E-state index contributed by atoms with van der Waals surface area (Å²) in [6.45, 7) is 1.36. The third kappa shape index (κ3) is 2.74. The van der Waals surface area contributed by atoms with Crippen molar-refractivity contribution in [3.05, 3.63) is 34.4 Å². The minimum atomic E-state index is -0.484. The molecule has 0 aliphatic rings. The number of hydrogen-bond acceptors (Lipinski definition) is 4. The van der Waals surface area contributed by atoms with E-state index < -0.39 is 4.92 Å². The molecular formula is C8H9N3O3. The van der Waals surface area contributed by atoms with Crippen molar-refractivity contribution >= 4 is 17.3 Å². The summed E-state index contributed by atoms with van der Waals surface area (Å²) >= 11 is 0. The van der Waals surface area contributed by atoms with E-state index in [0.717, 1.165) is 0 Å². The third-order valence-electron chi connectivity index (χ3n) is 1.46. The Kier molecular flexibility index (Phi) is 3.01. The predicted molar refractivity (Wildman–Crippen MR) is 50.5 cm³/mol. The Balaban J connectivity index is 2.64. The van der Waals surface area contributed by atoms with E-state index in [-0.39, 0.29) is 11.6 Å². The van der Waals surface area contributed by atoms with Gasteiger partial charge in [-0.1, -0.05) is 0 Å². The monoisotopic (exact) mass is 195 g/mol. The first-order valence-corrected chi connectivity index (χ1v) is 3.86. The van der Waals surface area contributed by atoms with Crippen LogP contribution in [0.3, 0.4) is 0 Å². The zero-order valence-electron chi connectivity index (χ0n) is 7.48. The largest absolute Gasteiger partial charge is 0.299 e. The lowest BCUT2D eigenvalue weighted by atomic mass is 10.3. The van der Waals surface area contributed by atoms with Crippen molar-refractivity contribution in [2.24, 2.45) is 0 Å². The summed E-state index contributed by atoms with van der Waals surface area (Å²) in [6, 6.07) is 5.72. The fourth-order valence-corrected chi connectivity index (χ4v) is 0.827. The Morgan fingerprint density at radius 3 is 2.36 bits per heavy atom. The van der Waals surface area contributed by atoms with E-state index in [4.69, 9.17) is 0 Å². The van der Waals surface area contributed by atoms with Crippen molar-refractivity contribution < 1.29 is 9.72 Å². The highest BCUT2D eigenvalue weighted by molar-refractivity contribution is 5.74. The molecule has 1 amide bonds. The summed E-state index contributed by atoms with van der Waals surface area (Å²) in [5.41, 5.74) is 5.54. The Hall–Kier alpha value is -2.11. The van der Waals surface area contributed by atoms with Gasteiger partial charge < -0.3 is 0 Å². The molecule has 0 radical (unpaired) electrons. The molecule has 0 bridgehead atoms. The van der Waals surface area contributed by atoms with Gasteiger partial charge >= 0.3 is 0 Å². The molecule has 0 aliphatic heterocycles. The lowest BCUT2D eigenvalue weighted by Gasteiger charge is -2.04. The molecule has 0 heterocycles. The molecule has 1 rings (SSSR count). The predicted octanol–water partition coefficient (Wildman–Crippen LogP) is 1.06. The van der Waals surface area contributed by atoms with Gasteiger partial charge in [-0.3, -0.25) is 25.8 Å². The number of hydrogen-bond donors (Lipinski definition) is 2. The lowest BCUT2D eigenvalue weighted by molar-refractivity contribution is -0.384. The molecule has 0 aromatic heterocycles. The minimum Gasteiger partial charge on any atom is -0.299 e. The van der Waals surface area contributed by atoms with E-state index in [2.05, 4.69) is 10.9 Å². The van der Waals surface area contributed by atoms with Gasteiger partial charge in [0.15, 0.2) is 0 Å². The number of nitrogens with zero attached hydrogens (tertiary/aromatic N) is 1. The maximum absolute atomic E-state index is 10.5. The smallest absolute Gasteiger partial charge is 0.269 e. The van der Waals surface area contributed by atoms with Gasteiger partial charge in [0.05, 0.1) is 10.6 Å². The second-order valence-corrected chi connectivity index (χ2v) is 2.61. The molecule has 0 fully saturated rings. The number of nitro groups is 1. The van der Waals surface area contributed by atoms with Crippen molar-refractivity contribution in [2.75, 3.05) is 5.43 Å². The maximum Gasteiger partial charge on any atom is 0.269 e. The van der Waals surface area contributed by atoms with Crippen molar-refractivity contribution in [3.63, 3.8) is 0 Å². The van der Waals surface area contributed by atoms with Gasteiger partial charge in [0, 0.05) is 19.1 Å². The van der Waals surface area contributed by atoms with Crippen LogP contribution < -0.4 is 10.9 Å². The van der Waals surface area contributed by atoms with Crippen molar-refractivity contribution in [2.45, 2.75) is 6.92 Å². The Bertz CT molecular complexity index is 347. The van der Waals surface area contributed by atoms with Crippen LogP contribution >= 0.6 is 0 Å². The number of rotatable bonds is 3. The van der Waals surface area contributed by atoms with Crippen LogP contribution in [0.2, 0.25) is 0 Å². The normalized spacial score (nSPS) is 9.21. The number of hydrazine groups is 1. The van der Waals surface area contributed by atoms with E-state index in [9.17, 15) is 14.9 Å². The molecule has 6 heteroatoms. The highest BCUT2D eigenvalue weighted by Crippen LogP contribution is 2.14. The van der Waals surface area contributed by atoms with Gasteiger partial charge in [-0.05, 0) is 12.1 Å². The summed E-state index contributed by atoms with van der Waals surface area (Å²) in [7, 11) is 0. The molecular weight excluding hydrogens is 186 g/mol. The van der Waals surface area contributed by atoms with Crippen molar-refractivity contribution in [1.82, 2.24) is 5.43 Å². The fraction of sp³-hybridized carbons (Fsp3) is 0.125. The van der Waals surface area contributed by atoms with Crippen LogP contribution in [0.4, 0.5) is 11.4 Å². The summed E-state index contributed by atoms with van der Waals surface area (Å²) in [6.07, 6.45) is 0. The van der Waals surface area contributed by atoms with Crippen LogP contribution in [0.5, 0.6) is 0 Å². The highest BCUT2D eigenvalue weighted by Gasteiger charge is 2.03. The number of carbonyl (C=O) groups is 1. The van der Waals surface area contributed by atoms with E-state index in [0.29, 0.717) is 5.69 Å². The van der Waals surface area contributed by atoms with Gasteiger partial charge in [0.25, 0.3) is 5.69 Å². The second-order valence-electron chi connectivity index (χ2n) is 2.61. The van der Waals surface area contributed by atoms with Crippen molar-refractivity contribution in [3.8, 4) is 0 Å². The van der Waals surface area contributed by atoms with E-state index in [1.54, 1.807) is 0 Å². The van der Waals surface area contributed by atoms with Crippen molar-refractivity contribution in [1.29, 1.82) is 0 Å². The second kappa shape index (κ2) is 4.22. The molecule has 1 aromatic carbocycles. The lowest BCUT2D eigenvalue weighted by Crippen LogP contribution is -2.26. The molecule has 0 atom stereocenters. The van der Waals surface area contributed by atoms with E-state index in [1.807, 2.05) is 0 Å². The SMILES string of the molecule is CC(=O)NNc1ccc([N+](=O)[O-])cc1. The first-order chi connectivity index (χ1) is 6.59. The van der Waals surface area contributed by atoms with E-state index >= 15 is 0 Å². The molecule has 0 saturated heterocycles. The van der Waals surface area contributed by atoms with Crippen LogP contribution in [-0.4, -0.2) is 10.8 Å². The molecule has 2 N–H and O–H groups in total. The molecule has 6 nitrogen and oxygen atoms in total. The first-order valence-electron chi connectivity index (χ1n) is 3.86. The number of benzene rings is 1. The Morgan fingerprint density at radius 1 is 1.36 bits per heavy atom. The molecule has 0 aliphatic carbocycles. The number of carbonyl (C=O) groups excluding carboxylic acids is 1. The fourth-order valence-electron chi connectivity index (χ4n) is 0.827. The van der Waals surface area contributed by atoms with Gasteiger partial charge in [-0.2, -0.15) is 0 Å². The molecule has 0 saturated carbocycles. The minimum absolute atomic E-state index is 0.0124. The number of nitrogens with one attached hydrogen (secondary N) is 2. The van der Waals surface area contributed by atoms with Crippen LogP contribution in [0.15, 0.2) is 24.3 Å². The number of anilines is 1. The standard InChI is InChI=1S/C8H9N3O3/c1-6(12)9-10-7-2-4-8(5-3-7)11(13)14/h2-5,10H,1H3,(H,9,12). The Labute approximate surface area is 80.0 Å². The molecule has 14 heavy (non-hydrogen) atoms. The van der Waals surface area contributed by atoms with Gasteiger partial charge in [0.2, 0.25) is 5.91 Å². The molecule has 1 aromatic rings. The zero-order valence-corrected chi connectivity index (χ0v) is 7.48. The van der Waals surface area contributed by atoms with Gasteiger partial charge in [0.1, 0.15) is 0 Å². The number of amides is 1. The van der Waals surface area contributed by atoms with Gasteiger partial charge in [-0.25, -0.2) is 0 Å². The average Bonchev–Trinajstić information content (AvgIpc) is 2.15. The summed E-state index contributed by atoms with van der Waals surface area (Å²) in [5.74, 6) is -0.233. The summed E-state index contributed by atoms with van der Waals surface area (Å²) < 4.78 is 0. The average molecular weight is 195 g/mol. The molecule has 74 valence electrons. The molecule has 0 unspecified atom stereocenters. The first kappa shape index (κ1) is 9.97. The summed E-state index contributed by atoms with van der Waals surface area (Å²) in [4.78, 5) is 20.3. The quantitative estimate of drug-likeness (QED) is 0.557. The Morgan fingerprint density at radius 2 is 1.93 bits per heavy atom. The van der Waals surface area contributed by atoms with Crippen LogP contribution in [0.1, 0.15) is 6.92 Å². The van der Waals surface area contributed by atoms with Crippen LogP contribution in [0.25, 0.3) is 0 Å². The number of non-ortho nitro benzene ring substituents is 1. The summed E-state index contributed by atoms with van der Waals surface area (Å²) in [5, 5.41) is 10.3. The third-order valence-corrected chi connectivity index (χ3v) is 1.46.